The van der Waals surface area contributed by atoms with Crippen molar-refractivity contribution < 1.29 is 9.00 Å². The van der Waals surface area contributed by atoms with Crippen LogP contribution in [0, 0.1) is 18.6 Å². The minimum absolute atomic E-state index is 0.193. The van der Waals surface area contributed by atoms with Crippen LogP contribution >= 0.6 is 0 Å². The third kappa shape index (κ3) is 4.21. The average Bonchev–Trinajstić information content (AvgIpc) is 2.51. The first-order valence-corrected chi connectivity index (χ1v) is 9.13. The Morgan fingerprint density at radius 3 is 2.12 bits per heavy atom. The van der Waals surface area contributed by atoms with Crippen LogP contribution in [0.3, 0.4) is 0 Å². The summed E-state index contributed by atoms with van der Waals surface area (Å²) < 4.78 is 21.5. The predicted molar refractivity (Wildman–Crippen MR) is 96.3 cm³/mol. The highest BCUT2D eigenvalue weighted by Crippen LogP contribution is 2.15. The second-order valence-electron chi connectivity index (χ2n) is 6.04. The number of carbonyl (C=O) groups is 1. The zero-order valence-electron chi connectivity index (χ0n) is 14.4. The van der Waals surface area contributed by atoms with Crippen LogP contribution in [0.15, 0.2) is 47.4 Å². The van der Waals surface area contributed by atoms with Crippen LogP contribution in [0.2, 0.25) is 0 Å². The molecule has 0 spiro atoms. The number of benzene rings is 2. The fraction of sp³-hybridized carbons (Fsp3) is 0.278. The zero-order chi connectivity index (χ0) is 17.9. The molecule has 0 heterocycles. The van der Waals surface area contributed by atoms with Gasteiger partial charge in [-0.3, -0.25) is 4.79 Å². The van der Waals surface area contributed by atoms with Crippen molar-refractivity contribution in [3.63, 3.8) is 0 Å². The van der Waals surface area contributed by atoms with Crippen molar-refractivity contribution in [2.75, 3.05) is 14.1 Å². The molecular weight excluding hydrogens is 322 g/mol. The molecule has 1 atom stereocenters. The van der Waals surface area contributed by atoms with Crippen molar-refractivity contribution in [1.29, 1.82) is 4.78 Å². The van der Waals surface area contributed by atoms with E-state index in [1.165, 1.54) is 4.31 Å². The SMILES string of the molecule is Cc1cc(C)cc(CNC(=O)c2ccc(S(=N)(=O)N(C)C)cc2)c1. The Morgan fingerprint density at radius 2 is 1.62 bits per heavy atom. The summed E-state index contributed by atoms with van der Waals surface area (Å²) in [5.74, 6) is -0.193. The molecule has 1 amide bonds. The summed E-state index contributed by atoms with van der Waals surface area (Å²) in [6.07, 6.45) is 0. The Morgan fingerprint density at radius 1 is 1.08 bits per heavy atom. The van der Waals surface area contributed by atoms with E-state index in [0.717, 1.165) is 16.7 Å². The highest BCUT2D eigenvalue weighted by atomic mass is 32.2. The van der Waals surface area contributed by atoms with Gasteiger partial charge in [-0.05, 0) is 43.7 Å². The molecule has 0 saturated heterocycles. The van der Waals surface area contributed by atoms with E-state index in [2.05, 4.69) is 11.4 Å². The Labute approximate surface area is 143 Å². The molecule has 0 aliphatic heterocycles. The number of rotatable bonds is 5. The van der Waals surface area contributed by atoms with E-state index in [9.17, 15) is 9.00 Å². The lowest BCUT2D eigenvalue weighted by molar-refractivity contribution is 0.0951. The number of aryl methyl sites for hydroxylation is 2. The molecule has 0 aliphatic carbocycles. The summed E-state index contributed by atoms with van der Waals surface area (Å²) in [5, 5.41) is 2.88. The zero-order valence-corrected chi connectivity index (χ0v) is 15.2. The van der Waals surface area contributed by atoms with Crippen LogP contribution in [0.4, 0.5) is 0 Å². The molecule has 2 aromatic rings. The quantitative estimate of drug-likeness (QED) is 0.874. The van der Waals surface area contributed by atoms with Gasteiger partial charge in [0.2, 0.25) is 0 Å². The van der Waals surface area contributed by atoms with Crippen LogP contribution in [-0.4, -0.2) is 28.5 Å². The largest absolute Gasteiger partial charge is 0.348 e. The molecular formula is C18H23N3O2S. The summed E-state index contributed by atoms with van der Waals surface area (Å²) in [7, 11) is 0.211. The van der Waals surface area contributed by atoms with Gasteiger partial charge < -0.3 is 5.32 Å². The lowest BCUT2D eigenvalue weighted by atomic mass is 10.1. The molecule has 5 nitrogen and oxygen atoms in total. The van der Waals surface area contributed by atoms with Crippen LogP contribution in [-0.2, 0) is 16.5 Å². The number of nitrogens with one attached hydrogen (secondary N) is 2. The van der Waals surface area contributed by atoms with Gasteiger partial charge in [-0.2, -0.15) is 0 Å². The predicted octanol–water partition coefficient (Wildman–Crippen LogP) is 3.12. The van der Waals surface area contributed by atoms with E-state index in [0.29, 0.717) is 17.0 Å². The maximum Gasteiger partial charge on any atom is 0.251 e. The maximum atomic E-state index is 12.2. The number of carbonyl (C=O) groups excluding carboxylic acids is 1. The van der Waals surface area contributed by atoms with Crippen LogP contribution in [0.5, 0.6) is 0 Å². The molecule has 0 saturated carbocycles. The molecule has 2 aromatic carbocycles. The van der Waals surface area contributed by atoms with Crippen LogP contribution in [0.1, 0.15) is 27.0 Å². The molecule has 1 unspecified atom stereocenters. The van der Waals surface area contributed by atoms with Gasteiger partial charge in [-0.25, -0.2) is 13.3 Å². The van der Waals surface area contributed by atoms with Crippen molar-refractivity contribution in [2.24, 2.45) is 0 Å². The highest BCUT2D eigenvalue weighted by Gasteiger charge is 2.13. The third-order valence-electron chi connectivity index (χ3n) is 3.68. The molecule has 2 rings (SSSR count). The molecule has 0 fully saturated rings. The molecule has 24 heavy (non-hydrogen) atoms. The number of amides is 1. The van der Waals surface area contributed by atoms with Crippen molar-refractivity contribution >= 4 is 15.8 Å². The minimum Gasteiger partial charge on any atom is -0.348 e. The molecule has 0 aromatic heterocycles. The van der Waals surface area contributed by atoms with Gasteiger partial charge >= 0.3 is 0 Å². The number of hydrogen-bond donors (Lipinski definition) is 2. The van der Waals surface area contributed by atoms with Gasteiger partial charge in [0, 0.05) is 26.2 Å². The summed E-state index contributed by atoms with van der Waals surface area (Å²) in [6, 6.07) is 12.5. The van der Waals surface area contributed by atoms with Gasteiger partial charge in [0.1, 0.15) is 9.92 Å². The first-order valence-electron chi connectivity index (χ1n) is 7.62. The van der Waals surface area contributed by atoms with Gasteiger partial charge in [-0.1, -0.05) is 29.3 Å². The second kappa shape index (κ2) is 7.15. The topological polar surface area (TPSA) is 73.3 Å². The lowest BCUT2D eigenvalue weighted by Crippen LogP contribution is -2.23. The van der Waals surface area contributed by atoms with E-state index < -0.39 is 9.92 Å². The summed E-state index contributed by atoms with van der Waals surface area (Å²) in [4.78, 5) is 12.6. The molecule has 2 N–H and O–H groups in total. The fourth-order valence-electron chi connectivity index (χ4n) is 2.46. The van der Waals surface area contributed by atoms with Crippen LogP contribution < -0.4 is 5.32 Å². The Hall–Kier alpha value is -2.18. The van der Waals surface area contributed by atoms with E-state index in [1.807, 2.05) is 26.0 Å². The Balaban J connectivity index is 2.08. The van der Waals surface area contributed by atoms with Gasteiger partial charge in [0.25, 0.3) is 5.91 Å². The van der Waals surface area contributed by atoms with Crippen molar-refractivity contribution in [2.45, 2.75) is 25.3 Å². The molecule has 0 radical (unpaired) electrons. The molecule has 0 bridgehead atoms. The number of hydrogen-bond acceptors (Lipinski definition) is 3. The summed E-state index contributed by atoms with van der Waals surface area (Å²) in [5.41, 5.74) is 3.87. The van der Waals surface area contributed by atoms with Crippen molar-refractivity contribution in [3.05, 3.63) is 64.7 Å². The third-order valence-corrected chi connectivity index (χ3v) is 5.62. The Bertz CT molecular complexity index is 821. The van der Waals surface area contributed by atoms with E-state index >= 15 is 0 Å². The smallest absolute Gasteiger partial charge is 0.251 e. The van der Waals surface area contributed by atoms with Crippen LogP contribution in [0.25, 0.3) is 0 Å². The monoisotopic (exact) mass is 345 g/mol. The van der Waals surface area contributed by atoms with Gasteiger partial charge in [0.15, 0.2) is 0 Å². The van der Waals surface area contributed by atoms with Gasteiger partial charge in [-0.15, -0.1) is 0 Å². The van der Waals surface area contributed by atoms with Crippen molar-refractivity contribution in [1.82, 2.24) is 9.62 Å². The lowest BCUT2D eigenvalue weighted by Gasteiger charge is -2.15. The molecule has 0 aliphatic rings. The highest BCUT2D eigenvalue weighted by molar-refractivity contribution is 7.90. The normalized spacial score (nSPS) is 13.5. The van der Waals surface area contributed by atoms with E-state index in [1.54, 1.807) is 38.4 Å². The van der Waals surface area contributed by atoms with Gasteiger partial charge in [0.05, 0.1) is 4.90 Å². The summed E-state index contributed by atoms with van der Waals surface area (Å²) in [6.45, 7) is 4.51. The van der Waals surface area contributed by atoms with E-state index in [4.69, 9.17) is 4.78 Å². The Kier molecular flexibility index (Phi) is 5.41. The first-order chi connectivity index (χ1) is 11.2. The number of nitrogens with zero attached hydrogens (tertiary/aromatic N) is 1. The summed E-state index contributed by atoms with van der Waals surface area (Å²) >= 11 is 0. The average molecular weight is 345 g/mol. The second-order valence-corrected chi connectivity index (χ2v) is 8.29. The maximum absolute atomic E-state index is 12.2. The standard InChI is InChI=1S/C18H23N3O2S/c1-13-9-14(2)11-15(10-13)12-20-18(22)16-5-7-17(8-6-16)24(19,23)21(3)4/h5-11,19H,12H2,1-4H3,(H,20,22). The fourth-order valence-corrected chi connectivity index (χ4v) is 3.38. The van der Waals surface area contributed by atoms with Crippen molar-refractivity contribution in [3.8, 4) is 0 Å². The first kappa shape index (κ1) is 18.2. The molecule has 128 valence electrons. The van der Waals surface area contributed by atoms with E-state index in [-0.39, 0.29) is 5.91 Å². The minimum atomic E-state index is -2.98. The molecule has 6 heteroatoms.